The summed E-state index contributed by atoms with van der Waals surface area (Å²) >= 11 is 1.55. The summed E-state index contributed by atoms with van der Waals surface area (Å²) in [7, 11) is 3.31. The molecule has 1 aliphatic rings. The fourth-order valence-electron chi connectivity index (χ4n) is 3.12. The maximum Gasteiger partial charge on any atom is 0.233 e. The average molecular weight is 409 g/mol. The summed E-state index contributed by atoms with van der Waals surface area (Å²) in [6, 6.07) is 15.7. The number of hydrogen-bond acceptors (Lipinski definition) is 5. The minimum atomic E-state index is -0.0103. The van der Waals surface area contributed by atoms with Gasteiger partial charge in [0.1, 0.15) is 11.5 Å². The van der Waals surface area contributed by atoms with E-state index >= 15 is 0 Å². The van der Waals surface area contributed by atoms with Crippen LogP contribution in [0.1, 0.15) is 11.6 Å². The van der Waals surface area contributed by atoms with Crippen molar-refractivity contribution in [3.05, 3.63) is 54.1 Å². The van der Waals surface area contributed by atoms with Crippen molar-refractivity contribution in [1.82, 2.24) is 10.2 Å². The molecule has 1 unspecified atom stereocenters. The van der Waals surface area contributed by atoms with Crippen LogP contribution in [-0.4, -0.2) is 50.4 Å². The number of nitrogens with zero attached hydrogens (tertiary/aromatic N) is 1. The molecule has 3 rings (SSSR count). The number of carbonyl (C=O) groups is 1. The highest BCUT2D eigenvalue weighted by Gasteiger charge is 2.29. The number of thioether (sulfide) groups is 1. The molecule has 1 amide bonds. The predicted octanol–water partition coefficient (Wildman–Crippen LogP) is 3.39. The number of para-hydroxylation sites is 1. The van der Waals surface area contributed by atoms with Crippen molar-refractivity contribution in [2.75, 3.05) is 39.6 Å². The highest BCUT2D eigenvalue weighted by Crippen LogP contribution is 2.31. The van der Waals surface area contributed by atoms with E-state index in [9.17, 15) is 4.79 Å². The van der Waals surface area contributed by atoms with Crippen LogP contribution in [0.2, 0.25) is 0 Å². The summed E-state index contributed by atoms with van der Waals surface area (Å²) in [5.41, 5.74) is 1.05. The van der Waals surface area contributed by atoms with E-state index < -0.39 is 0 Å². The number of ether oxygens (including phenoxy) is 2. The first kappa shape index (κ1) is 21.4. The van der Waals surface area contributed by atoms with E-state index in [0.29, 0.717) is 12.3 Å². The second kappa shape index (κ2) is 10.4. The van der Waals surface area contributed by atoms with Gasteiger partial charge in [0.05, 0.1) is 26.0 Å². The van der Waals surface area contributed by atoms with Gasteiger partial charge in [-0.1, -0.05) is 18.2 Å². The van der Waals surface area contributed by atoms with E-state index in [1.165, 1.54) is 0 Å². The quantitative estimate of drug-likeness (QED) is 0.742. The molecule has 1 N–H and O–H groups in total. The van der Waals surface area contributed by atoms with Gasteiger partial charge in [-0.15, -0.1) is 24.2 Å². The van der Waals surface area contributed by atoms with Crippen LogP contribution in [-0.2, 0) is 4.79 Å². The third kappa shape index (κ3) is 5.31. The predicted molar refractivity (Wildman–Crippen MR) is 111 cm³/mol. The highest BCUT2D eigenvalue weighted by molar-refractivity contribution is 8.00. The highest BCUT2D eigenvalue weighted by atomic mass is 35.5. The van der Waals surface area contributed by atoms with Gasteiger partial charge in [0.15, 0.2) is 0 Å². The molecule has 1 aliphatic heterocycles. The summed E-state index contributed by atoms with van der Waals surface area (Å²) in [5, 5.41) is 3.39. The first-order valence-corrected chi connectivity index (χ1v) is 9.61. The standard InChI is InChI=1S/C20H24N2O3S.ClH/c1-24-15-7-9-16(10-8-15)26-14-20(23)22-12-11-21-13-18(22)17-5-3-4-6-19(17)25-2;/h3-10,18,21H,11-14H2,1-2H3;1H. The summed E-state index contributed by atoms with van der Waals surface area (Å²) in [6.07, 6.45) is 0. The lowest BCUT2D eigenvalue weighted by Crippen LogP contribution is -2.49. The minimum Gasteiger partial charge on any atom is -0.497 e. The van der Waals surface area contributed by atoms with E-state index in [1.807, 2.05) is 53.4 Å². The average Bonchev–Trinajstić information content (AvgIpc) is 2.72. The Hall–Kier alpha value is -1.89. The van der Waals surface area contributed by atoms with Gasteiger partial charge in [-0.05, 0) is 30.3 Å². The number of hydrogen-bond donors (Lipinski definition) is 1. The van der Waals surface area contributed by atoms with E-state index in [0.717, 1.165) is 35.0 Å². The molecule has 1 saturated heterocycles. The van der Waals surface area contributed by atoms with Crippen LogP contribution in [0.25, 0.3) is 0 Å². The maximum absolute atomic E-state index is 12.9. The van der Waals surface area contributed by atoms with Gasteiger partial charge in [-0.2, -0.15) is 0 Å². The summed E-state index contributed by atoms with van der Waals surface area (Å²) in [6.45, 7) is 2.24. The van der Waals surface area contributed by atoms with Crippen molar-refractivity contribution in [3.63, 3.8) is 0 Å². The monoisotopic (exact) mass is 408 g/mol. The molecule has 2 aromatic rings. The normalized spacial score (nSPS) is 16.4. The topological polar surface area (TPSA) is 50.8 Å². The van der Waals surface area contributed by atoms with Gasteiger partial charge < -0.3 is 19.7 Å². The zero-order valence-corrected chi connectivity index (χ0v) is 17.1. The Kier molecular flexibility index (Phi) is 8.28. The van der Waals surface area contributed by atoms with Crippen LogP contribution in [0.3, 0.4) is 0 Å². The molecule has 2 aromatic carbocycles. The van der Waals surface area contributed by atoms with Crippen molar-refractivity contribution in [3.8, 4) is 11.5 Å². The van der Waals surface area contributed by atoms with Gasteiger partial charge in [0, 0.05) is 30.1 Å². The largest absolute Gasteiger partial charge is 0.497 e. The first-order chi connectivity index (χ1) is 12.7. The minimum absolute atomic E-state index is 0. The Balaban J connectivity index is 0.00000261. The molecular weight excluding hydrogens is 384 g/mol. The SMILES string of the molecule is COc1ccc(SCC(=O)N2CCNCC2c2ccccc2OC)cc1.Cl. The lowest BCUT2D eigenvalue weighted by atomic mass is 10.0. The molecule has 146 valence electrons. The Morgan fingerprint density at radius 2 is 1.89 bits per heavy atom. The molecular formula is C20H25ClN2O3S. The summed E-state index contributed by atoms with van der Waals surface area (Å²) < 4.78 is 10.7. The van der Waals surface area contributed by atoms with Crippen LogP contribution in [0.15, 0.2) is 53.4 Å². The third-order valence-corrected chi connectivity index (χ3v) is 5.48. The van der Waals surface area contributed by atoms with Crippen molar-refractivity contribution in [1.29, 1.82) is 0 Å². The van der Waals surface area contributed by atoms with Crippen molar-refractivity contribution in [2.45, 2.75) is 10.9 Å². The second-order valence-electron chi connectivity index (χ2n) is 6.01. The zero-order chi connectivity index (χ0) is 18.4. The van der Waals surface area contributed by atoms with E-state index in [1.54, 1.807) is 26.0 Å². The fourth-order valence-corrected chi connectivity index (χ4v) is 3.91. The number of halogens is 1. The van der Waals surface area contributed by atoms with Crippen molar-refractivity contribution < 1.29 is 14.3 Å². The molecule has 27 heavy (non-hydrogen) atoms. The van der Waals surface area contributed by atoms with E-state index in [4.69, 9.17) is 9.47 Å². The zero-order valence-electron chi connectivity index (χ0n) is 15.5. The van der Waals surface area contributed by atoms with Crippen molar-refractivity contribution in [2.24, 2.45) is 0 Å². The molecule has 0 radical (unpaired) electrons. The second-order valence-corrected chi connectivity index (χ2v) is 7.06. The molecule has 1 heterocycles. The molecule has 0 spiro atoms. The number of methoxy groups -OCH3 is 2. The van der Waals surface area contributed by atoms with Gasteiger partial charge in [0.25, 0.3) is 0 Å². The van der Waals surface area contributed by atoms with Crippen molar-refractivity contribution >= 4 is 30.1 Å². The Bertz CT molecular complexity index is 742. The smallest absolute Gasteiger partial charge is 0.233 e. The van der Waals surface area contributed by atoms with E-state index in [2.05, 4.69) is 5.32 Å². The molecule has 7 heteroatoms. The van der Waals surface area contributed by atoms with Gasteiger partial charge >= 0.3 is 0 Å². The van der Waals surface area contributed by atoms with Crippen LogP contribution in [0.4, 0.5) is 0 Å². The number of rotatable bonds is 6. The van der Waals surface area contributed by atoms with Crippen LogP contribution in [0.5, 0.6) is 11.5 Å². The maximum atomic E-state index is 12.9. The van der Waals surface area contributed by atoms with Gasteiger partial charge in [-0.25, -0.2) is 0 Å². The number of nitrogens with one attached hydrogen (secondary N) is 1. The van der Waals surface area contributed by atoms with Gasteiger partial charge in [-0.3, -0.25) is 4.79 Å². The number of benzene rings is 2. The summed E-state index contributed by atoms with van der Waals surface area (Å²) in [4.78, 5) is 15.9. The molecule has 1 fully saturated rings. The number of amides is 1. The Morgan fingerprint density at radius 1 is 1.15 bits per heavy atom. The molecule has 0 saturated carbocycles. The lowest BCUT2D eigenvalue weighted by molar-refractivity contribution is -0.131. The Morgan fingerprint density at radius 3 is 2.59 bits per heavy atom. The first-order valence-electron chi connectivity index (χ1n) is 8.63. The van der Waals surface area contributed by atoms with Gasteiger partial charge in [0.2, 0.25) is 5.91 Å². The fraction of sp³-hybridized carbons (Fsp3) is 0.350. The van der Waals surface area contributed by atoms with Crippen LogP contribution >= 0.6 is 24.2 Å². The molecule has 0 aromatic heterocycles. The van der Waals surface area contributed by atoms with Crippen LogP contribution in [0, 0.1) is 0 Å². The Labute approximate surface area is 170 Å². The third-order valence-electron chi connectivity index (χ3n) is 4.48. The molecule has 5 nitrogen and oxygen atoms in total. The van der Waals surface area contributed by atoms with E-state index in [-0.39, 0.29) is 24.4 Å². The van der Waals surface area contributed by atoms with Crippen LogP contribution < -0.4 is 14.8 Å². The lowest BCUT2D eigenvalue weighted by Gasteiger charge is -2.37. The molecule has 0 bridgehead atoms. The number of piperazine rings is 1. The summed E-state index contributed by atoms with van der Waals surface area (Å²) in [5.74, 6) is 2.20. The number of carbonyl (C=O) groups excluding carboxylic acids is 1. The molecule has 0 aliphatic carbocycles. The molecule has 1 atom stereocenters.